The second-order valence-corrected chi connectivity index (χ2v) is 6.04. The molecule has 0 amide bonds. The van der Waals surface area contributed by atoms with Gasteiger partial charge in [-0.15, -0.1) is 0 Å². The molecule has 0 radical (unpaired) electrons. The number of hydrogen-bond acceptors (Lipinski definition) is 7. The molecule has 0 unspecified atom stereocenters. The van der Waals surface area contributed by atoms with Gasteiger partial charge in [-0.1, -0.05) is 0 Å². The van der Waals surface area contributed by atoms with Crippen molar-refractivity contribution in [3.05, 3.63) is 41.6 Å². The number of nitrogens with zero attached hydrogens (tertiary/aromatic N) is 4. The second-order valence-electron chi connectivity index (χ2n) is 6.04. The van der Waals surface area contributed by atoms with E-state index in [0.29, 0.717) is 18.1 Å². The van der Waals surface area contributed by atoms with E-state index in [4.69, 9.17) is 5.26 Å². The number of hydrogen-bond donors (Lipinski definition) is 3. The normalized spacial score (nSPS) is 16.3. The summed E-state index contributed by atoms with van der Waals surface area (Å²) in [6.45, 7) is 4.62. The van der Waals surface area contributed by atoms with Crippen molar-refractivity contribution < 1.29 is 0 Å². The first-order valence-electron chi connectivity index (χ1n) is 8.36. The van der Waals surface area contributed by atoms with Crippen LogP contribution in [0.1, 0.15) is 5.56 Å². The van der Waals surface area contributed by atoms with Crippen LogP contribution in [-0.4, -0.2) is 42.7 Å². The van der Waals surface area contributed by atoms with Crippen LogP contribution < -0.4 is 20.9 Å². The summed E-state index contributed by atoms with van der Waals surface area (Å²) in [5.41, 5.74) is 3.69. The summed E-state index contributed by atoms with van der Waals surface area (Å²) in [4.78, 5) is 11.2. The number of rotatable bonds is 3. The van der Waals surface area contributed by atoms with Crippen LogP contribution in [-0.2, 0) is 0 Å². The highest BCUT2D eigenvalue weighted by Crippen LogP contribution is 2.24. The molecule has 4 rings (SSSR count). The number of nitriles is 1. The average Bonchev–Trinajstić information content (AvgIpc) is 2.69. The van der Waals surface area contributed by atoms with Gasteiger partial charge in [0.1, 0.15) is 5.82 Å². The smallest absolute Gasteiger partial charge is 0.229 e. The number of aromatic nitrogens is 2. The molecule has 126 valence electrons. The monoisotopic (exact) mass is 333 g/mol. The summed E-state index contributed by atoms with van der Waals surface area (Å²) in [5, 5.41) is 18.7. The van der Waals surface area contributed by atoms with Crippen molar-refractivity contribution in [3.63, 3.8) is 0 Å². The second kappa shape index (κ2) is 6.79. The fourth-order valence-electron chi connectivity index (χ4n) is 3.00. The average molecular weight is 333 g/mol. The van der Waals surface area contributed by atoms with Gasteiger partial charge < -0.3 is 20.9 Å². The molecule has 1 aromatic heterocycles. The molecule has 0 bridgehead atoms. The van der Waals surface area contributed by atoms with Gasteiger partial charge in [-0.25, -0.2) is 4.98 Å². The van der Waals surface area contributed by atoms with Crippen LogP contribution in [0.4, 0.5) is 23.1 Å². The molecule has 0 saturated carbocycles. The maximum Gasteiger partial charge on any atom is 0.229 e. The summed E-state index contributed by atoms with van der Waals surface area (Å²) >= 11 is 0. The third-order valence-corrected chi connectivity index (χ3v) is 4.34. The van der Waals surface area contributed by atoms with Crippen molar-refractivity contribution in [1.82, 2.24) is 15.3 Å². The van der Waals surface area contributed by atoms with E-state index in [2.05, 4.69) is 49.0 Å². The predicted octanol–water partition coefficient (Wildman–Crippen LogP) is 1.96. The molecule has 7 heteroatoms. The molecule has 2 aliphatic rings. The molecule has 1 fully saturated rings. The predicted molar refractivity (Wildman–Crippen MR) is 98.9 cm³/mol. The van der Waals surface area contributed by atoms with Crippen LogP contribution in [0.25, 0.3) is 6.08 Å². The zero-order chi connectivity index (χ0) is 17.1. The molecule has 3 N–H and O–H groups in total. The zero-order valence-electron chi connectivity index (χ0n) is 13.8. The van der Waals surface area contributed by atoms with Crippen LogP contribution in [0.3, 0.4) is 0 Å². The Labute approximate surface area is 146 Å². The van der Waals surface area contributed by atoms with Crippen molar-refractivity contribution in [3.8, 4) is 6.07 Å². The van der Waals surface area contributed by atoms with Crippen LogP contribution in [0.5, 0.6) is 0 Å². The van der Waals surface area contributed by atoms with E-state index in [1.807, 2.05) is 18.2 Å². The van der Waals surface area contributed by atoms with Crippen molar-refractivity contribution in [2.45, 2.75) is 0 Å². The SMILES string of the molecule is N#CC1=Cc2cnc(Nc3ccc(N4CCNCC4)cc3)nc2NC1. The molecule has 1 aromatic carbocycles. The standard InChI is InChI=1S/C18H19N7/c19-10-13-9-14-12-22-18(24-17(14)21-11-13)23-15-1-3-16(4-2-15)25-7-5-20-6-8-25/h1-4,9,12,20H,5-8,11H2,(H2,21,22,23,24). The molecular formula is C18H19N7. The fraction of sp³-hybridized carbons (Fsp3) is 0.278. The topological polar surface area (TPSA) is 88.9 Å². The first-order chi connectivity index (χ1) is 12.3. The Balaban J connectivity index is 1.47. The number of fused-ring (bicyclic) bond motifs is 1. The minimum atomic E-state index is 0.499. The summed E-state index contributed by atoms with van der Waals surface area (Å²) in [6, 6.07) is 10.5. The van der Waals surface area contributed by atoms with Crippen LogP contribution in [0, 0.1) is 11.3 Å². The number of benzene rings is 1. The molecule has 0 atom stereocenters. The first kappa shape index (κ1) is 15.4. The van der Waals surface area contributed by atoms with E-state index >= 15 is 0 Å². The van der Waals surface area contributed by atoms with Gasteiger partial charge in [0.15, 0.2) is 0 Å². The highest BCUT2D eigenvalue weighted by atomic mass is 15.2. The molecule has 0 spiro atoms. The molecular weight excluding hydrogens is 314 g/mol. The Morgan fingerprint density at radius 1 is 1.16 bits per heavy atom. The van der Waals surface area contributed by atoms with Gasteiger partial charge in [-0.05, 0) is 30.3 Å². The fourth-order valence-corrected chi connectivity index (χ4v) is 3.00. The Morgan fingerprint density at radius 2 is 1.96 bits per heavy atom. The third kappa shape index (κ3) is 3.39. The summed E-state index contributed by atoms with van der Waals surface area (Å²) in [6.07, 6.45) is 3.54. The van der Waals surface area contributed by atoms with Crippen LogP contribution in [0.2, 0.25) is 0 Å². The highest BCUT2D eigenvalue weighted by molar-refractivity contribution is 5.72. The van der Waals surface area contributed by atoms with E-state index in [0.717, 1.165) is 43.2 Å². The molecule has 2 aliphatic heterocycles. The quantitative estimate of drug-likeness (QED) is 0.791. The van der Waals surface area contributed by atoms with Gasteiger partial charge >= 0.3 is 0 Å². The minimum absolute atomic E-state index is 0.499. The van der Waals surface area contributed by atoms with Crippen LogP contribution >= 0.6 is 0 Å². The van der Waals surface area contributed by atoms with Crippen LogP contribution in [0.15, 0.2) is 36.0 Å². The number of nitrogens with one attached hydrogen (secondary N) is 3. The van der Waals surface area contributed by atoms with Gasteiger partial charge in [0.05, 0.1) is 12.6 Å². The maximum atomic E-state index is 8.96. The van der Waals surface area contributed by atoms with Crippen molar-refractivity contribution in [2.24, 2.45) is 0 Å². The Bertz CT molecular complexity index is 829. The molecule has 2 aromatic rings. The van der Waals surface area contributed by atoms with E-state index in [-0.39, 0.29) is 0 Å². The van der Waals surface area contributed by atoms with Crippen molar-refractivity contribution in [1.29, 1.82) is 5.26 Å². The lowest BCUT2D eigenvalue weighted by molar-refractivity contribution is 0.589. The van der Waals surface area contributed by atoms with Crippen molar-refractivity contribution >= 4 is 29.2 Å². The first-order valence-corrected chi connectivity index (χ1v) is 8.36. The lowest BCUT2D eigenvalue weighted by Crippen LogP contribution is -2.43. The Hall–Kier alpha value is -3.11. The van der Waals surface area contributed by atoms with E-state index in [9.17, 15) is 0 Å². The Kier molecular flexibility index (Phi) is 4.19. The minimum Gasteiger partial charge on any atom is -0.369 e. The van der Waals surface area contributed by atoms with Crippen molar-refractivity contribution in [2.75, 3.05) is 48.3 Å². The zero-order valence-corrected chi connectivity index (χ0v) is 13.8. The summed E-state index contributed by atoms with van der Waals surface area (Å²) < 4.78 is 0. The lowest BCUT2D eigenvalue weighted by Gasteiger charge is -2.29. The highest BCUT2D eigenvalue weighted by Gasteiger charge is 2.13. The van der Waals surface area contributed by atoms with Gasteiger partial charge in [0.25, 0.3) is 0 Å². The largest absolute Gasteiger partial charge is 0.369 e. The maximum absolute atomic E-state index is 8.96. The van der Waals surface area contributed by atoms with Gasteiger partial charge in [-0.3, -0.25) is 0 Å². The van der Waals surface area contributed by atoms with E-state index < -0.39 is 0 Å². The van der Waals surface area contributed by atoms with E-state index in [1.165, 1.54) is 5.69 Å². The summed E-state index contributed by atoms with van der Waals surface area (Å²) in [7, 11) is 0. The molecule has 7 nitrogen and oxygen atoms in total. The van der Waals surface area contributed by atoms with E-state index in [1.54, 1.807) is 6.20 Å². The van der Waals surface area contributed by atoms with Gasteiger partial charge in [0.2, 0.25) is 5.95 Å². The Morgan fingerprint density at radius 3 is 2.72 bits per heavy atom. The molecule has 25 heavy (non-hydrogen) atoms. The number of anilines is 4. The lowest BCUT2D eigenvalue weighted by atomic mass is 10.1. The molecule has 0 aliphatic carbocycles. The molecule has 1 saturated heterocycles. The molecule has 3 heterocycles. The third-order valence-electron chi connectivity index (χ3n) is 4.34. The van der Waals surface area contributed by atoms with Gasteiger partial charge in [-0.2, -0.15) is 10.2 Å². The van der Waals surface area contributed by atoms with Gasteiger partial charge in [0, 0.05) is 54.9 Å². The summed E-state index contributed by atoms with van der Waals surface area (Å²) in [5.74, 6) is 1.28. The number of piperazine rings is 1.